The Morgan fingerprint density at radius 3 is 2.69 bits per heavy atom. The molecule has 1 saturated carbocycles. The summed E-state index contributed by atoms with van der Waals surface area (Å²) in [5.74, 6) is 1.35. The standard InChI is InChI=1S/C11H15NO3S/c1-8-5-11(16(2,13)14)12-6-10(8)15-7-9-3-4-9/h5-6,9H,3-4,7H2,1-2H3. The number of nitrogens with zero attached hydrogens (tertiary/aromatic N) is 1. The van der Waals surface area contributed by atoms with Crippen LogP contribution in [0.25, 0.3) is 0 Å². The lowest BCUT2D eigenvalue weighted by molar-refractivity contribution is 0.296. The molecular formula is C11H15NO3S. The average molecular weight is 241 g/mol. The van der Waals surface area contributed by atoms with E-state index >= 15 is 0 Å². The zero-order valence-corrected chi connectivity index (χ0v) is 10.3. The van der Waals surface area contributed by atoms with Crippen LogP contribution >= 0.6 is 0 Å². The molecule has 0 bridgehead atoms. The summed E-state index contributed by atoms with van der Waals surface area (Å²) in [7, 11) is -3.23. The van der Waals surface area contributed by atoms with Crippen LogP contribution in [0.2, 0.25) is 0 Å². The van der Waals surface area contributed by atoms with Crippen LogP contribution in [0.3, 0.4) is 0 Å². The molecule has 0 amide bonds. The van der Waals surface area contributed by atoms with Crippen molar-refractivity contribution in [1.82, 2.24) is 4.98 Å². The van der Waals surface area contributed by atoms with Crippen LogP contribution in [0.4, 0.5) is 0 Å². The van der Waals surface area contributed by atoms with Crippen molar-refractivity contribution < 1.29 is 13.2 Å². The number of aromatic nitrogens is 1. The zero-order chi connectivity index (χ0) is 11.8. The number of hydrogen-bond acceptors (Lipinski definition) is 4. The van der Waals surface area contributed by atoms with E-state index in [1.807, 2.05) is 6.92 Å². The van der Waals surface area contributed by atoms with Crippen molar-refractivity contribution in [1.29, 1.82) is 0 Å². The van der Waals surface area contributed by atoms with Gasteiger partial charge in [-0.2, -0.15) is 0 Å². The summed E-state index contributed by atoms with van der Waals surface area (Å²) in [4.78, 5) is 3.90. The van der Waals surface area contributed by atoms with Crippen molar-refractivity contribution in [3.8, 4) is 5.75 Å². The summed E-state index contributed by atoms with van der Waals surface area (Å²) in [6, 6.07) is 1.55. The zero-order valence-electron chi connectivity index (χ0n) is 9.43. The molecule has 0 atom stereocenters. The molecule has 2 rings (SSSR count). The Labute approximate surface area is 95.6 Å². The van der Waals surface area contributed by atoms with Crippen molar-refractivity contribution in [2.45, 2.75) is 24.8 Å². The number of pyridine rings is 1. The maximum Gasteiger partial charge on any atom is 0.192 e. The lowest BCUT2D eigenvalue weighted by Crippen LogP contribution is -2.04. The first-order valence-electron chi connectivity index (χ1n) is 5.26. The molecule has 1 heterocycles. The number of rotatable bonds is 4. The molecule has 0 aliphatic heterocycles. The van der Waals surface area contributed by atoms with Crippen LogP contribution < -0.4 is 4.74 Å². The molecule has 1 aliphatic rings. The van der Waals surface area contributed by atoms with E-state index in [4.69, 9.17) is 4.74 Å². The first-order chi connectivity index (χ1) is 7.47. The molecule has 4 nitrogen and oxygen atoms in total. The van der Waals surface area contributed by atoms with Crippen LogP contribution in [0, 0.1) is 12.8 Å². The summed E-state index contributed by atoms with van der Waals surface area (Å²) in [6.07, 6.45) is 5.11. The molecule has 0 unspecified atom stereocenters. The quantitative estimate of drug-likeness (QED) is 0.803. The number of hydrogen-bond donors (Lipinski definition) is 0. The van der Waals surface area contributed by atoms with E-state index in [0.29, 0.717) is 18.3 Å². The largest absolute Gasteiger partial charge is 0.491 e. The van der Waals surface area contributed by atoms with Gasteiger partial charge in [0.05, 0.1) is 12.8 Å². The molecule has 5 heteroatoms. The average Bonchev–Trinajstić information content (AvgIpc) is 2.98. The van der Waals surface area contributed by atoms with Crippen molar-refractivity contribution in [3.63, 3.8) is 0 Å². The number of ether oxygens (including phenoxy) is 1. The van der Waals surface area contributed by atoms with Crippen molar-refractivity contribution in [2.75, 3.05) is 12.9 Å². The van der Waals surface area contributed by atoms with Crippen molar-refractivity contribution >= 4 is 9.84 Å². The second-order valence-electron chi connectivity index (χ2n) is 4.31. The van der Waals surface area contributed by atoms with Crippen LogP contribution in [-0.2, 0) is 9.84 Å². The molecule has 88 valence electrons. The molecule has 16 heavy (non-hydrogen) atoms. The second kappa shape index (κ2) is 4.05. The Balaban J connectivity index is 2.15. The highest BCUT2D eigenvalue weighted by Gasteiger charge is 2.22. The third-order valence-electron chi connectivity index (χ3n) is 2.59. The molecule has 0 aromatic carbocycles. The fourth-order valence-corrected chi connectivity index (χ4v) is 2.00. The third kappa shape index (κ3) is 2.72. The Morgan fingerprint density at radius 2 is 2.19 bits per heavy atom. The van der Waals surface area contributed by atoms with E-state index in [9.17, 15) is 8.42 Å². The lowest BCUT2D eigenvalue weighted by Gasteiger charge is -2.08. The molecule has 0 saturated heterocycles. The predicted molar refractivity (Wildman–Crippen MR) is 60.3 cm³/mol. The molecule has 0 N–H and O–H groups in total. The highest BCUT2D eigenvalue weighted by molar-refractivity contribution is 7.90. The minimum Gasteiger partial charge on any atom is -0.491 e. The highest BCUT2D eigenvalue weighted by Crippen LogP contribution is 2.30. The van der Waals surface area contributed by atoms with Crippen LogP contribution in [-0.4, -0.2) is 26.3 Å². The normalized spacial score (nSPS) is 16.1. The summed E-state index contributed by atoms with van der Waals surface area (Å²) in [6.45, 7) is 2.54. The smallest absolute Gasteiger partial charge is 0.192 e. The topological polar surface area (TPSA) is 56.3 Å². The minimum absolute atomic E-state index is 0.101. The molecule has 1 aromatic rings. The molecule has 0 radical (unpaired) electrons. The SMILES string of the molecule is Cc1cc(S(C)(=O)=O)ncc1OCC1CC1. The van der Waals surface area contributed by atoms with Gasteiger partial charge in [0, 0.05) is 6.26 Å². The first-order valence-corrected chi connectivity index (χ1v) is 7.15. The van der Waals surface area contributed by atoms with E-state index in [-0.39, 0.29) is 5.03 Å². The molecule has 1 aromatic heterocycles. The number of sulfone groups is 1. The molecule has 0 spiro atoms. The Bertz CT molecular complexity index is 492. The van der Waals surface area contributed by atoms with Gasteiger partial charge in [-0.3, -0.25) is 0 Å². The van der Waals surface area contributed by atoms with Crippen LogP contribution in [0.1, 0.15) is 18.4 Å². The maximum absolute atomic E-state index is 11.3. The maximum atomic E-state index is 11.3. The van der Waals surface area contributed by atoms with Gasteiger partial charge in [0.1, 0.15) is 5.75 Å². The van der Waals surface area contributed by atoms with Crippen LogP contribution in [0.15, 0.2) is 17.3 Å². The Kier molecular flexibility index (Phi) is 2.88. The summed E-state index contributed by atoms with van der Waals surface area (Å²) >= 11 is 0. The summed E-state index contributed by atoms with van der Waals surface area (Å²) < 4.78 is 28.1. The highest BCUT2D eigenvalue weighted by atomic mass is 32.2. The second-order valence-corrected chi connectivity index (χ2v) is 6.28. The molecular weight excluding hydrogens is 226 g/mol. The lowest BCUT2D eigenvalue weighted by atomic mass is 10.3. The van der Waals surface area contributed by atoms with E-state index in [1.54, 1.807) is 6.07 Å². The van der Waals surface area contributed by atoms with E-state index < -0.39 is 9.84 Å². The molecule has 1 aliphatic carbocycles. The fraction of sp³-hybridized carbons (Fsp3) is 0.545. The van der Waals surface area contributed by atoms with Gasteiger partial charge in [0.2, 0.25) is 0 Å². The fourth-order valence-electron chi connectivity index (χ4n) is 1.36. The summed E-state index contributed by atoms with van der Waals surface area (Å²) in [5, 5.41) is 0.101. The van der Waals surface area contributed by atoms with Gasteiger partial charge in [-0.05, 0) is 37.3 Å². The first kappa shape index (κ1) is 11.4. The van der Waals surface area contributed by atoms with E-state index in [0.717, 1.165) is 11.8 Å². The number of aryl methyl sites for hydroxylation is 1. The Morgan fingerprint density at radius 1 is 1.50 bits per heavy atom. The van der Waals surface area contributed by atoms with Gasteiger partial charge < -0.3 is 4.74 Å². The van der Waals surface area contributed by atoms with Gasteiger partial charge in [0.15, 0.2) is 14.9 Å². The van der Waals surface area contributed by atoms with Gasteiger partial charge in [-0.25, -0.2) is 13.4 Å². The van der Waals surface area contributed by atoms with Crippen LogP contribution in [0.5, 0.6) is 5.75 Å². The molecule has 1 fully saturated rings. The van der Waals surface area contributed by atoms with Crippen molar-refractivity contribution in [3.05, 3.63) is 17.8 Å². The van der Waals surface area contributed by atoms with E-state index in [1.165, 1.54) is 19.0 Å². The monoisotopic (exact) mass is 241 g/mol. The van der Waals surface area contributed by atoms with E-state index in [2.05, 4.69) is 4.98 Å². The third-order valence-corrected chi connectivity index (χ3v) is 3.57. The van der Waals surface area contributed by atoms with Crippen molar-refractivity contribution in [2.24, 2.45) is 5.92 Å². The van der Waals surface area contributed by atoms with Gasteiger partial charge >= 0.3 is 0 Å². The van der Waals surface area contributed by atoms with Gasteiger partial charge in [-0.1, -0.05) is 0 Å². The van der Waals surface area contributed by atoms with Gasteiger partial charge in [0.25, 0.3) is 0 Å². The summed E-state index contributed by atoms with van der Waals surface area (Å²) in [5.41, 5.74) is 0.816. The Hall–Kier alpha value is -1.10. The minimum atomic E-state index is -3.23. The van der Waals surface area contributed by atoms with Gasteiger partial charge in [-0.15, -0.1) is 0 Å². The predicted octanol–water partition coefficient (Wildman–Crippen LogP) is 1.58.